The minimum atomic E-state index is -0.271. The summed E-state index contributed by atoms with van der Waals surface area (Å²) < 4.78 is 4.52. The molecule has 0 unspecified atom stereocenters. The zero-order valence-electron chi connectivity index (χ0n) is 8.90. The lowest BCUT2D eigenvalue weighted by Gasteiger charge is -2.05. The predicted molar refractivity (Wildman–Crippen MR) is 63.7 cm³/mol. The molecule has 0 aromatic heterocycles. The molecule has 0 fully saturated rings. The number of nitrogen functional groups attached to an aromatic ring is 1. The summed E-state index contributed by atoms with van der Waals surface area (Å²) in [7, 11) is 1.35. The van der Waals surface area contributed by atoms with Gasteiger partial charge in [-0.25, -0.2) is 0 Å². The summed E-state index contributed by atoms with van der Waals surface area (Å²) in [5.74, 6) is 0.576. The second-order valence-corrected chi connectivity index (χ2v) is 4.05. The van der Waals surface area contributed by atoms with Crippen LogP contribution >= 0.6 is 11.8 Å². The number of nitrogens with two attached hydrogens (primary N) is 1. The Hall–Kier alpha value is -1.67. The molecular formula is C11H12N2O2S. The van der Waals surface area contributed by atoms with Crippen LogP contribution in [-0.2, 0) is 15.3 Å². The molecule has 0 bridgehead atoms. The SMILES string of the molecule is COC(=O)CSCc1cccc(N)c1C#N. The molecule has 0 radical (unpaired) electrons. The molecule has 84 valence electrons. The molecule has 0 aliphatic rings. The second kappa shape index (κ2) is 6.03. The standard InChI is InChI=1S/C11H12N2O2S/c1-15-11(14)7-16-6-8-3-2-4-10(13)9(8)5-12/h2-4H,6-7,13H2,1H3. The second-order valence-electron chi connectivity index (χ2n) is 3.06. The molecule has 2 N–H and O–H groups in total. The number of nitrogens with zero attached hydrogens (tertiary/aromatic N) is 1. The van der Waals surface area contributed by atoms with Crippen LogP contribution in [0.5, 0.6) is 0 Å². The third-order valence-corrected chi connectivity index (χ3v) is 2.95. The van der Waals surface area contributed by atoms with E-state index in [1.54, 1.807) is 12.1 Å². The van der Waals surface area contributed by atoms with Gasteiger partial charge in [-0.1, -0.05) is 12.1 Å². The van der Waals surface area contributed by atoms with Crippen LogP contribution in [0.2, 0.25) is 0 Å². The van der Waals surface area contributed by atoms with E-state index in [1.165, 1.54) is 18.9 Å². The van der Waals surface area contributed by atoms with Crippen molar-refractivity contribution in [1.82, 2.24) is 0 Å². The van der Waals surface area contributed by atoms with Gasteiger partial charge in [0, 0.05) is 11.4 Å². The van der Waals surface area contributed by atoms with Crippen LogP contribution in [0.15, 0.2) is 18.2 Å². The highest BCUT2D eigenvalue weighted by Crippen LogP contribution is 2.20. The van der Waals surface area contributed by atoms with Crippen molar-refractivity contribution in [1.29, 1.82) is 5.26 Å². The number of hydrogen-bond donors (Lipinski definition) is 1. The molecule has 0 spiro atoms. The first-order valence-electron chi connectivity index (χ1n) is 4.61. The minimum Gasteiger partial charge on any atom is -0.468 e. The van der Waals surface area contributed by atoms with Gasteiger partial charge in [0.1, 0.15) is 6.07 Å². The number of anilines is 1. The van der Waals surface area contributed by atoms with Crippen LogP contribution in [0.3, 0.4) is 0 Å². The van der Waals surface area contributed by atoms with Crippen LogP contribution < -0.4 is 5.73 Å². The molecule has 0 aliphatic carbocycles. The van der Waals surface area contributed by atoms with E-state index >= 15 is 0 Å². The van der Waals surface area contributed by atoms with Crippen molar-refractivity contribution in [3.05, 3.63) is 29.3 Å². The molecule has 1 rings (SSSR count). The molecule has 0 saturated heterocycles. The number of ether oxygens (including phenoxy) is 1. The van der Waals surface area contributed by atoms with Crippen molar-refractivity contribution in [3.8, 4) is 6.07 Å². The number of rotatable bonds is 4. The fourth-order valence-electron chi connectivity index (χ4n) is 1.18. The van der Waals surface area contributed by atoms with E-state index < -0.39 is 0 Å². The Morgan fingerprint density at radius 1 is 1.62 bits per heavy atom. The lowest BCUT2D eigenvalue weighted by atomic mass is 10.1. The van der Waals surface area contributed by atoms with Crippen molar-refractivity contribution in [2.75, 3.05) is 18.6 Å². The Morgan fingerprint density at radius 2 is 2.38 bits per heavy atom. The first kappa shape index (κ1) is 12.4. The van der Waals surface area contributed by atoms with Crippen molar-refractivity contribution in [2.45, 2.75) is 5.75 Å². The molecule has 5 heteroatoms. The summed E-state index contributed by atoms with van der Waals surface area (Å²) >= 11 is 1.40. The van der Waals surface area contributed by atoms with E-state index in [1.807, 2.05) is 6.07 Å². The summed E-state index contributed by atoms with van der Waals surface area (Å²) in [4.78, 5) is 10.9. The highest BCUT2D eigenvalue weighted by Gasteiger charge is 2.07. The van der Waals surface area contributed by atoms with Crippen LogP contribution in [0.25, 0.3) is 0 Å². The van der Waals surface area contributed by atoms with Crippen molar-refractivity contribution < 1.29 is 9.53 Å². The van der Waals surface area contributed by atoms with E-state index in [0.29, 0.717) is 17.0 Å². The molecule has 0 heterocycles. The highest BCUT2D eigenvalue weighted by atomic mass is 32.2. The number of carbonyl (C=O) groups excluding carboxylic acids is 1. The first-order valence-corrected chi connectivity index (χ1v) is 5.76. The number of esters is 1. The van der Waals surface area contributed by atoms with Crippen LogP contribution in [0.4, 0.5) is 5.69 Å². The molecule has 1 aromatic carbocycles. The summed E-state index contributed by atoms with van der Waals surface area (Å²) in [5, 5.41) is 8.92. The van der Waals surface area contributed by atoms with E-state index in [9.17, 15) is 4.79 Å². The zero-order chi connectivity index (χ0) is 12.0. The van der Waals surface area contributed by atoms with Gasteiger partial charge in [-0.05, 0) is 11.6 Å². The van der Waals surface area contributed by atoms with Crippen LogP contribution in [-0.4, -0.2) is 18.8 Å². The summed E-state index contributed by atoms with van der Waals surface area (Å²) in [6.45, 7) is 0. The van der Waals surface area contributed by atoms with E-state index in [0.717, 1.165) is 5.56 Å². The van der Waals surface area contributed by atoms with E-state index in [2.05, 4.69) is 10.8 Å². The van der Waals surface area contributed by atoms with Crippen molar-refractivity contribution in [2.24, 2.45) is 0 Å². The number of hydrogen-bond acceptors (Lipinski definition) is 5. The fraction of sp³-hybridized carbons (Fsp3) is 0.273. The monoisotopic (exact) mass is 236 g/mol. The Morgan fingerprint density at radius 3 is 3.00 bits per heavy atom. The van der Waals surface area contributed by atoms with Crippen molar-refractivity contribution in [3.63, 3.8) is 0 Å². The molecule has 0 saturated carbocycles. The van der Waals surface area contributed by atoms with Gasteiger partial charge in [0.15, 0.2) is 0 Å². The maximum atomic E-state index is 10.9. The topological polar surface area (TPSA) is 76.1 Å². The van der Waals surface area contributed by atoms with Crippen molar-refractivity contribution >= 4 is 23.4 Å². The molecule has 0 atom stereocenters. The number of carbonyl (C=O) groups is 1. The predicted octanol–water partition coefficient (Wildman–Crippen LogP) is 1.55. The van der Waals surface area contributed by atoms with Gasteiger partial charge in [0.25, 0.3) is 0 Å². The number of thioether (sulfide) groups is 1. The van der Waals surface area contributed by atoms with Crippen LogP contribution in [0, 0.1) is 11.3 Å². The maximum absolute atomic E-state index is 10.9. The van der Waals surface area contributed by atoms with Gasteiger partial charge < -0.3 is 10.5 Å². The molecular weight excluding hydrogens is 224 g/mol. The Balaban J connectivity index is 2.64. The average molecular weight is 236 g/mol. The third kappa shape index (κ3) is 3.17. The average Bonchev–Trinajstić information content (AvgIpc) is 2.29. The van der Waals surface area contributed by atoms with E-state index in [-0.39, 0.29) is 11.7 Å². The molecule has 0 aliphatic heterocycles. The van der Waals surface area contributed by atoms with Gasteiger partial charge in [-0.2, -0.15) is 5.26 Å². The Labute approximate surface area is 98.4 Å². The summed E-state index contributed by atoms with van der Waals surface area (Å²) in [6, 6.07) is 7.38. The van der Waals surface area contributed by atoms with Gasteiger partial charge in [-0.3, -0.25) is 4.79 Å². The Bertz CT molecular complexity index is 426. The largest absolute Gasteiger partial charge is 0.468 e. The zero-order valence-corrected chi connectivity index (χ0v) is 9.71. The number of benzene rings is 1. The molecule has 1 aromatic rings. The molecule has 16 heavy (non-hydrogen) atoms. The van der Waals surface area contributed by atoms with Gasteiger partial charge in [-0.15, -0.1) is 11.8 Å². The highest BCUT2D eigenvalue weighted by molar-refractivity contribution is 7.99. The van der Waals surface area contributed by atoms with Gasteiger partial charge in [0.2, 0.25) is 0 Å². The quantitative estimate of drug-likeness (QED) is 0.634. The van der Waals surface area contributed by atoms with Crippen LogP contribution in [0.1, 0.15) is 11.1 Å². The number of methoxy groups -OCH3 is 1. The maximum Gasteiger partial charge on any atom is 0.315 e. The smallest absolute Gasteiger partial charge is 0.315 e. The van der Waals surface area contributed by atoms with Gasteiger partial charge in [0.05, 0.1) is 18.4 Å². The fourth-order valence-corrected chi connectivity index (χ4v) is 2.03. The molecule has 0 amide bonds. The van der Waals surface area contributed by atoms with Gasteiger partial charge >= 0.3 is 5.97 Å². The lowest BCUT2D eigenvalue weighted by Crippen LogP contribution is -2.04. The minimum absolute atomic E-state index is 0.271. The third-order valence-electron chi connectivity index (χ3n) is 2.00. The lowest BCUT2D eigenvalue weighted by molar-refractivity contribution is -0.137. The normalized spacial score (nSPS) is 9.50. The summed E-state index contributed by atoms with van der Waals surface area (Å²) in [5.41, 5.74) is 7.47. The first-order chi connectivity index (χ1) is 7.69. The summed E-state index contributed by atoms with van der Waals surface area (Å²) in [6.07, 6.45) is 0. The Kier molecular flexibility index (Phi) is 4.67. The number of nitriles is 1. The molecule has 4 nitrogen and oxygen atoms in total. The van der Waals surface area contributed by atoms with E-state index in [4.69, 9.17) is 11.0 Å².